The number of aliphatic carboxylic acids is 1. The number of nitrogens with one attached hydrogen (secondary N) is 2. The molecule has 0 radical (unpaired) electrons. The van der Waals surface area contributed by atoms with Gasteiger partial charge < -0.3 is 39.9 Å². The first-order valence-corrected chi connectivity index (χ1v) is 19.7. The summed E-state index contributed by atoms with van der Waals surface area (Å²) in [6.45, 7) is 16.9. The van der Waals surface area contributed by atoms with Gasteiger partial charge in [-0.15, -0.1) is 0 Å². The van der Waals surface area contributed by atoms with Crippen molar-refractivity contribution in [3.05, 3.63) is 48.6 Å². The molecule has 5 amide bonds. The lowest BCUT2D eigenvalue weighted by Crippen LogP contribution is -2.60. The van der Waals surface area contributed by atoms with E-state index in [1.54, 1.807) is 35.9 Å². The molecule has 1 aromatic carbocycles. The van der Waals surface area contributed by atoms with Crippen LogP contribution in [0.4, 0.5) is 0 Å². The fourth-order valence-electron chi connectivity index (χ4n) is 7.84. The van der Waals surface area contributed by atoms with Crippen molar-refractivity contribution in [2.75, 3.05) is 34.9 Å². The molecule has 1 fully saturated rings. The summed E-state index contributed by atoms with van der Waals surface area (Å²) in [5, 5.41) is 15.5. The van der Waals surface area contributed by atoms with Crippen molar-refractivity contribution in [3.8, 4) is 0 Å². The number of carboxylic acid groups (broad SMARTS) is 1. The number of hydrogen-bond donors (Lipinski definition) is 3. The molecule has 0 spiro atoms. The Morgan fingerprint density at radius 2 is 1.55 bits per heavy atom. The van der Waals surface area contributed by atoms with Gasteiger partial charge in [-0.05, 0) is 42.2 Å². The predicted octanol–water partition coefficient (Wildman–Crippen LogP) is 3.53. The summed E-state index contributed by atoms with van der Waals surface area (Å²) in [6.07, 6.45) is 1.71. The molecule has 1 aromatic rings. The van der Waals surface area contributed by atoms with Crippen LogP contribution >= 0.6 is 0 Å². The zero-order valence-corrected chi connectivity index (χ0v) is 35.3. The van der Waals surface area contributed by atoms with Gasteiger partial charge >= 0.3 is 5.97 Å². The molecule has 3 N–H and O–H groups in total. The number of methoxy groups -OCH3 is 2. The van der Waals surface area contributed by atoms with Crippen molar-refractivity contribution < 1.29 is 43.3 Å². The average Bonchev–Trinajstić information content (AvgIpc) is 3.65. The normalized spacial score (nSPS) is 18.5. The molecule has 2 rings (SSSR count). The number of likely N-dealkylation sites (N-methyl/N-ethyl adjacent to an activating group) is 2. The highest BCUT2D eigenvalue weighted by molar-refractivity contribution is 5.95. The van der Waals surface area contributed by atoms with Crippen molar-refractivity contribution in [1.29, 1.82) is 0 Å². The van der Waals surface area contributed by atoms with Crippen LogP contribution in [0, 0.1) is 23.7 Å². The zero-order chi connectivity index (χ0) is 42.4. The van der Waals surface area contributed by atoms with E-state index >= 15 is 0 Å². The van der Waals surface area contributed by atoms with Crippen LogP contribution in [0.1, 0.15) is 79.7 Å². The van der Waals surface area contributed by atoms with Gasteiger partial charge in [-0.3, -0.25) is 24.0 Å². The average molecular weight is 786 g/mol. The fraction of sp³-hybridized carbons (Fsp3) is 0.667. The Kier molecular flexibility index (Phi) is 19.2. The molecule has 0 unspecified atom stereocenters. The third-order valence-electron chi connectivity index (χ3n) is 11.2. The second-order valence-electron chi connectivity index (χ2n) is 15.8. The van der Waals surface area contributed by atoms with E-state index in [2.05, 4.69) is 17.2 Å². The maximum absolute atomic E-state index is 14.3. The van der Waals surface area contributed by atoms with Crippen molar-refractivity contribution in [3.63, 3.8) is 0 Å². The highest BCUT2D eigenvalue weighted by Gasteiger charge is 2.43. The van der Waals surface area contributed by atoms with Crippen LogP contribution in [0.2, 0.25) is 0 Å². The Morgan fingerprint density at radius 3 is 2.05 bits per heavy atom. The van der Waals surface area contributed by atoms with Gasteiger partial charge in [0.15, 0.2) is 0 Å². The molecule has 0 aliphatic carbocycles. The van der Waals surface area contributed by atoms with E-state index in [4.69, 9.17) is 9.47 Å². The lowest BCUT2D eigenvalue weighted by Gasteiger charge is -2.41. The fourth-order valence-corrected chi connectivity index (χ4v) is 7.84. The van der Waals surface area contributed by atoms with Gasteiger partial charge in [-0.1, -0.05) is 91.8 Å². The summed E-state index contributed by atoms with van der Waals surface area (Å²) in [6, 6.07) is 5.15. The topological polar surface area (TPSA) is 175 Å². The van der Waals surface area contributed by atoms with Gasteiger partial charge in [0, 0.05) is 41.3 Å². The zero-order valence-electron chi connectivity index (χ0n) is 35.3. The second-order valence-corrected chi connectivity index (χ2v) is 15.8. The molecule has 9 atom stereocenters. The van der Waals surface area contributed by atoms with Crippen molar-refractivity contribution in [1.82, 2.24) is 25.3 Å². The molecule has 0 saturated carbocycles. The van der Waals surface area contributed by atoms with E-state index in [1.165, 1.54) is 26.2 Å². The Balaban J connectivity index is 2.30. The Morgan fingerprint density at radius 1 is 0.929 bits per heavy atom. The lowest BCUT2D eigenvalue weighted by atomic mass is 9.89. The molecular formula is C42H67N5O9. The minimum Gasteiger partial charge on any atom is -0.480 e. The highest BCUT2D eigenvalue weighted by atomic mass is 16.5. The summed E-state index contributed by atoms with van der Waals surface area (Å²) < 4.78 is 11.8. The lowest BCUT2D eigenvalue weighted by molar-refractivity contribution is -0.148. The van der Waals surface area contributed by atoms with E-state index in [9.17, 15) is 33.9 Å². The van der Waals surface area contributed by atoms with E-state index in [1.807, 2.05) is 59.7 Å². The first kappa shape index (κ1) is 47.9. The molecule has 56 heavy (non-hydrogen) atoms. The number of hydrogen-bond acceptors (Lipinski definition) is 8. The summed E-state index contributed by atoms with van der Waals surface area (Å²) in [4.78, 5) is 84.8. The van der Waals surface area contributed by atoms with Crippen LogP contribution in [0.25, 0.3) is 0 Å². The van der Waals surface area contributed by atoms with E-state index in [-0.39, 0.29) is 42.4 Å². The van der Waals surface area contributed by atoms with E-state index in [0.29, 0.717) is 25.8 Å². The van der Waals surface area contributed by atoms with Crippen molar-refractivity contribution >= 4 is 35.5 Å². The standard InChI is InChI=1S/C42H67N5O9/c1-13-27(7)37(46(10)41(52)35(25(3)4)44-40(51)36(26(5)6)45(9)33(48)14-2)32(55-11)24-34(49)47-22-18-21-31(47)38(56-12)28(8)39(50)43-30(42(53)54)23-29-19-16-15-17-20-29/h14-17,19-20,25-28,30-32,35-38H,2,13,18,21-24H2,1,3-12H3,(H,43,50)(H,44,51)(H,53,54)/t27-,28+,30-,31-,32+,35-,36-,37-,38+/m0/s1. The third-order valence-corrected chi connectivity index (χ3v) is 11.2. The number of rotatable bonds is 22. The number of likely N-dealkylation sites (tertiary alicyclic amines) is 1. The molecule has 14 heteroatoms. The highest BCUT2D eigenvalue weighted by Crippen LogP contribution is 2.30. The maximum atomic E-state index is 14.3. The van der Waals surface area contributed by atoms with Crippen LogP contribution in [-0.2, 0) is 44.7 Å². The first-order chi connectivity index (χ1) is 26.4. The Labute approximate surface area is 333 Å². The van der Waals surface area contributed by atoms with Crippen LogP contribution in [-0.4, -0.2) is 133 Å². The van der Waals surface area contributed by atoms with Gasteiger partial charge in [-0.2, -0.15) is 0 Å². The minimum absolute atomic E-state index is 0.0581. The summed E-state index contributed by atoms with van der Waals surface area (Å²) in [5.74, 6) is -4.51. The molecule has 14 nitrogen and oxygen atoms in total. The quantitative estimate of drug-likeness (QED) is 0.149. The largest absolute Gasteiger partial charge is 0.480 e. The molecule has 1 heterocycles. The number of ether oxygens (including phenoxy) is 2. The van der Waals surface area contributed by atoms with Gasteiger partial charge in [-0.25, -0.2) is 4.79 Å². The number of carbonyl (C=O) groups excluding carboxylic acids is 5. The second kappa shape index (κ2) is 22.4. The smallest absolute Gasteiger partial charge is 0.326 e. The van der Waals surface area contributed by atoms with Gasteiger partial charge in [0.25, 0.3) is 0 Å². The first-order valence-electron chi connectivity index (χ1n) is 19.7. The summed E-state index contributed by atoms with van der Waals surface area (Å²) >= 11 is 0. The Hall–Kier alpha value is -4.30. The predicted molar refractivity (Wildman–Crippen MR) is 214 cm³/mol. The van der Waals surface area contributed by atoms with Crippen LogP contribution < -0.4 is 10.6 Å². The number of carbonyl (C=O) groups is 6. The number of nitrogens with zero attached hydrogens (tertiary/aromatic N) is 3. The Bertz CT molecular complexity index is 1490. The summed E-state index contributed by atoms with van der Waals surface area (Å²) in [7, 11) is 6.18. The minimum atomic E-state index is -1.15. The SMILES string of the molecule is C=CC(=O)N(C)[C@H](C(=O)N[C@H](C(=O)N(C)[C@@H]([C@@H](C)CC)[C@@H](CC(=O)N1CCC[C@H]1[C@H](OC)[C@@H](C)C(=O)N[C@@H](Cc1ccccc1)C(=O)O)OC)C(C)C)C(C)C. The van der Waals surface area contributed by atoms with Crippen LogP contribution in [0.15, 0.2) is 43.0 Å². The third kappa shape index (κ3) is 12.3. The van der Waals surface area contributed by atoms with Gasteiger partial charge in [0.1, 0.15) is 18.1 Å². The van der Waals surface area contributed by atoms with Gasteiger partial charge in [0.05, 0.1) is 36.6 Å². The van der Waals surface area contributed by atoms with Crippen molar-refractivity contribution in [2.24, 2.45) is 23.7 Å². The molecule has 1 aliphatic rings. The van der Waals surface area contributed by atoms with Crippen LogP contribution in [0.5, 0.6) is 0 Å². The van der Waals surface area contributed by atoms with Gasteiger partial charge in [0.2, 0.25) is 29.5 Å². The summed E-state index contributed by atoms with van der Waals surface area (Å²) in [5.41, 5.74) is 0.772. The number of amides is 5. The molecule has 0 bridgehead atoms. The monoisotopic (exact) mass is 785 g/mol. The number of benzene rings is 1. The molecular weight excluding hydrogens is 718 g/mol. The van der Waals surface area contributed by atoms with Crippen LogP contribution in [0.3, 0.4) is 0 Å². The molecule has 1 aliphatic heterocycles. The number of carboxylic acids is 1. The van der Waals surface area contributed by atoms with Crippen molar-refractivity contribution in [2.45, 2.75) is 123 Å². The molecule has 0 aromatic heterocycles. The molecule has 1 saturated heterocycles. The van der Waals surface area contributed by atoms with E-state index in [0.717, 1.165) is 11.6 Å². The van der Waals surface area contributed by atoms with E-state index < -0.39 is 72.0 Å². The maximum Gasteiger partial charge on any atom is 0.326 e. The molecule has 314 valence electrons.